The van der Waals surface area contributed by atoms with Gasteiger partial charge < -0.3 is 15.2 Å². The molecule has 1 atom stereocenters. The predicted octanol–water partition coefficient (Wildman–Crippen LogP) is 5.20. The van der Waals surface area contributed by atoms with Crippen LogP contribution in [0.4, 0.5) is 10.5 Å². The molecule has 180 valence electrons. The van der Waals surface area contributed by atoms with E-state index in [9.17, 15) is 19.5 Å². The first-order valence-electron chi connectivity index (χ1n) is 11.6. The number of amides is 2. The van der Waals surface area contributed by atoms with Gasteiger partial charge in [0.1, 0.15) is 6.61 Å². The Hall–Kier alpha value is -4.13. The quantitative estimate of drug-likeness (QED) is 0.418. The van der Waals surface area contributed by atoms with E-state index in [0.29, 0.717) is 12.1 Å². The summed E-state index contributed by atoms with van der Waals surface area (Å²) in [4.78, 5) is 36.8. The number of benzene rings is 3. The standard InChI is InChI=1S/C28H28N2O5/c1-3-18(27(32)33)15-29-26(31)23-14-17(2)12-13-25(23)30-28(34)35-16-24-21-10-6-4-8-19(21)20-9-5-7-11-22(20)24/h4-14,18,24H,3,15-16H2,1-2H3,(H,29,31)(H,30,34)(H,32,33). The summed E-state index contributed by atoms with van der Waals surface area (Å²) in [5.41, 5.74) is 5.88. The molecule has 35 heavy (non-hydrogen) atoms. The maximum Gasteiger partial charge on any atom is 0.411 e. The molecule has 0 saturated heterocycles. The van der Waals surface area contributed by atoms with E-state index in [0.717, 1.165) is 27.8 Å². The number of hydrogen-bond acceptors (Lipinski definition) is 4. The normalized spacial score (nSPS) is 12.9. The highest BCUT2D eigenvalue weighted by atomic mass is 16.5. The average molecular weight is 473 g/mol. The first-order valence-corrected chi connectivity index (χ1v) is 11.6. The number of rotatable bonds is 8. The third-order valence-electron chi connectivity index (χ3n) is 6.35. The lowest BCUT2D eigenvalue weighted by Crippen LogP contribution is -2.33. The van der Waals surface area contributed by atoms with Crippen LogP contribution < -0.4 is 10.6 Å². The van der Waals surface area contributed by atoms with Crippen LogP contribution in [0.1, 0.15) is 46.3 Å². The molecule has 4 rings (SSSR count). The van der Waals surface area contributed by atoms with Crippen molar-refractivity contribution in [2.24, 2.45) is 5.92 Å². The van der Waals surface area contributed by atoms with E-state index in [-0.39, 0.29) is 24.6 Å². The summed E-state index contributed by atoms with van der Waals surface area (Å²) in [5.74, 6) is -2.17. The topological polar surface area (TPSA) is 105 Å². The van der Waals surface area contributed by atoms with Gasteiger partial charge in [0.15, 0.2) is 0 Å². The smallest absolute Gasteiger partial charge is 0.411 e. The van der Waals surface area contributed by atoms with Gasteiger partial charge in [0.25, 0.3) is 5.91 Å². The summed E-state index contributed by atoms with van der Waals surface area (Å²) in [5, 5.41) is 14.6. The SMILES string of the molecule is CCC(CNC(=O)c1cc(C)ccc1NC(=O)OCC1c2ccccc2-c2ccccc21)C(=O)O. The van der Waals surface area contributed by atoms with Gasteiger partial charge in [-0.3, -0.25) is 14.9 Å². The zero-order valence-corrected chi connectivity index (χ0v) is 19.7. The van der Waals surface area contributed by atoms with Gasteiger partial charge in [-0.2, -0.15) is 0 Å². The van der Waals surface area contributed by atoms with Gasteiger partial charge in [0.2, 0.25) is 0 Å². The number of aryl methyl sites for hydroxylation is 1. The van der Waals surface area contributed by atoms with Crippen molar-refractivity contribution in [2.75, 3.05) is 18.5 Å². The largest absolute Gasteiger partial charge is 0.481 e. The lowest BCUT2D eigenvalue weighted by atomic mass is 9.98. The number of hydrogen-bond donors (Lipinski definition) is 3. The van der Waals surface area contributed by atoms with Crippen LogP contribution in [0.5, 0.6) is 0 Å². The zero-order chi connectivity index (χ0) is 24.9. The number of ether oxygens (including phenoxy) is 1. The molecule has 0 bridgehead atoms. The van der Waals surface area contributed by atoms with Crippen molar-refractivity contribution in [3.05, 3.63) is 89.0 Å². The van der Waals surface area contributed by atoms with Crippen molar-refractivity contribution in [3.63, 3.8) is 0 Å². The number of aliphatic carboxylic acids is 1. The van der Waals surface area contributed by atoms with E-state index in [4.69, 9.17) is 4.74 Å². The minimum absolute atomic E-state index is 0.00297. The van der Waals surface area contributed by atoms with E-state index >= 15 is 0 Å². The minimum atomic E-state index is -0.964. The van der Waals surface area contributed by atoms with Gasteiger partial charge >= 0.3 is 12.1 Å². The molecule has 3 N–H and O–H groups in total. The number of carbonyl (C=O) groups is 3. The van der Waals surface area contributed by atoms with Gasteiger partial charge in [0, 0.05) is 12.5 Å². The number of carboxylic acid groups (broad SMARTS) is 1. The van der Waals surface area contributed by atoms with Crippen molar-refractivity contribution in [1.82, 2.24) is 5.32 Å². The summed E-state index contributed by atoms with van der Waals surface area (Å²) in [6.45, 7) is 3.74. The second kappa shape index (κ2) is 10.4. The third kappa shape index (κ3) is 5.19. The Kier molecular flexibility index (Phi) is 7.15. The Morgan fingerprint density at radius 1 is 0.971 bits per heavy atom. The van der Waals surface area contributed by atoms with Crippen molar-refractivity contribution in [2.45, 2.75) is 26.2 Å². The summed E-state index contributed by atoms with van der Waals surface area (Å²) in [7, 11) is 0. The number of nitrogens with one attached hydrogen (secondary N) is 2. The molecule has 1 aliphatic rings. The molecule has 1 unspecified atom stereocenters. The van der Waals surface area contributed by atoms with E-state index in [2.05, 4.69) is 22.8 Å². The van der Waals surface area contributed by atoms with Crippen LogP contribution in [0, 0.1) is 12.8 Å². The molecule has 7 nitrogen and oxygen atoms in total. The molecule has 2 amide bonds. The first kappa shape index (κ1) is 24.0. The van der Waals surface area contributed by atoms with Gasteiger partial charge in [-0.1, -0.05) is 67.1 Å². The molecule has 0 heterocycles. The van der Waals surface area contributed by atoms with Crippen LogP contribution in [0.3, 0.4) is 0 Å². The van der Waals surface area contributed by atoms with Crippen molar-refractivity contribution in [1.29, 1.82) is 0 Å². The lowest BCUT2D eigenvalue weighted by Gasteiger charge is -2.16. The maximum atomic E-state index is 12.8. The van der Waals surface area contributed by atoms with Gasteiger partial charge in [0.05, 0.1) is 17.2 Å². The minimum Gasteiger partial charge on any atom is -0.481 e. The first-order chi connectivity index (χ1) is 16.9. The molecule has 3 aromatic carbocycles. The third-order valence-corrected chi connectivity index (χ3v) is 6.35. The second-order valence-corrected chi connectivity index (χ2v) is 8.65. The fourth-order valence-corrected chi connectivity index (χ4v) is 4.42. The van der Waals surface area contributed by atoms with Crippen molar-refractivity contribution >= 4 is 23.7 Å². The van der Waals surface area contributed by atoms with Gasteiger partial charge in [-0.05, 0) is 47.7 Å². The summed E-state index contributed by atoms with van der Waals surface area (Å²) < 4.78 is 5.60. The highest BCUT2D eigenvalue weighted by Crippen LogP contribution is 2.44. The van der Waals surface area contributed by atoms with E-state index in [1.165, 1.54) is 0 Å². The van der Waals surface area contributed by atoms with Crippen LogP contribution in [0.15, 0.2) is 66.7 Å². The Balaban J connectivity index is 1.45. The van der Waals surface area contributed by atoms with E-state index in [1.54, 1.807) is 25.1 Å². The molecule has 1 aliphatic carbocycles. The number of carboxylic acids is 1. The lowest BCUT2D eigenvalue weighted by molar-refractivity contribution is -0.141. The molecule has 0 aromatic heterocycles. The summed E-state index contributed by atoms with van der Waals surface area (Å²) >= 11 is 0. The fraction of sp³-hybridized carbons (Fsp3) is 0.250. The van der Waals surface area contributed by atoms with Crippen LogP contribution in [-0.2, 0) is 9.53 Å². The predicted molar refractivity (Wildman–Crippen MR) is 134 cm³/mol. The van der Waals surface area contributed by atoms with Crippen LogP contribution in [-0.4, -0.2) is 36.2 Å². The Morgan fingerprint density at radius 3 is 2.20 bits per heavy atom. The molecular weight excluding hydrogens is 444 g/mol. The van der Waals surface area contributed by atoms with Crippen molar-refractivity contribution < 1.29 is 24.2 Å². The molecular formula is C28H28N2O5. The zero-order valence-electron chi connectivity index (χ0n) is 19.7. The molecule has 0 saturated carbocycles. The Labute approximate surface area is 204 Å². The van der Waals surface area contributed by atoms with Crippen LogP contribution >= 0.6 is 0 Å². The van der Waals surface area contributed by atoms with Gasteiger partial charge in [-0.25, -0.2) is 4.79 Å². The van der Waals surface area contributed by atoms with E-state index < -0.39 is 23.9 Å². The molecule has 0 fully saturated rings. The highest BCUT2D eigenvalue weighted by molar-refractivity contribution is 6.03. The summed E-state index contributed by atoms with van der Waals surface area (Å²) in [6, 6.07) is 21.2. The molecule has 0 aliphatic heterocycles. The molecule has 7 heteroatoms. The number of fused-ring (bicyclic) bond motifs is 3. The maximum absolute atomic E-state index is 12.8. The highest BCUT2D eigenvalue weighted by Gasteiger charge is 2.29. The van der Waals surface area contributed by atoms with Gasteiger partial charge in [-0.15, -0.1) is 0 Å². The molecule has 0 radical (unpaired) electrons. The summed E-state index contributed by atoms with van der Waals surface area (Å²) in [6.07, 6.45) is -0.268. The number of carbonyl (C=O) groups excluding carboxylic acids is 2. The van der Waals surface area contributed by atoms with Crippen molar-refractivity contribution in [3.8, 4) is 11.1 Å². The van der Waals surface area contributed by atoms with Crippen LogP contribution in [0.25, 0.3) is 11.1 Å². The molecule has 0 spiro atoms. The Morgan fingerprint density at radius 2 is 1.60 bits per heavy atom. The fourth-order valence-electron chi connectivity index (χ4n) is 4.42. The number of anilines is 1. The van der Waals surface area contributed by atoms with Crippen LogP contribution in [0.2, 0.25) is 0 Å². The monoisotopic (exact) mass is 472 g/mol. The second-order valence-electron chi connectivity index (χ2n) is 8.65. The average Bonchev–Trinajstić information content (AvgIpc) is 3.17. The Bertz CT molecular complexity index is 1220. The molecule has 3 aromatic rings. The van der Waals surface area contributed by atoms with E-state index in [1.807, 2.05) is 43.3 Å².